The van der Waals surface area contributed by atoms with Crippen LogP contribution in [0.5, 0.6) is 0 Å². The SMILES string of the molecule is CSCCCN(C)S(=O)(=O)c1ccc(=O)[nH]c1. The number of rotatable bonds is 6. The quantitative estimate of drug-likeness (QED) is 0.778. The van der Waals surface area contributed by atoms with Gasteiger partial charge >= 0.3 is 0 Å². The minimum Gasteiger partial charge on any atom is -0.328 e. The molecule has 0 saturated carbocycles. The highest BCUT2D eigenvalue weighted by Crippen LogP contribution is 2.12. The van der Waals surface area contributed by atoms with Crippen LogP contribution in [-0.4, -0.2) is 43.3 Å². The van der Waals surface area contributed by atoms with Crippen LogP contribution in [0.2, 0.25) is 0 Å². The van der Waals surface area contributed by atoms with Gasteiger partial charge < -0.3 is 4.98 Å². The first-order chi connectivity index (χ1) is 7.98. The van der Waals surface area contributed by atoms with Crippen molar-refractivity contribution in [1.29, 1.82) is 0 Å². The van der Waals surface area contributed by atoms with Crippen LogP contribution in [0.1, 0.15) is 6.42 Å². The molecule has 0 amide bonds. The zero-order valence-corrected chi connectivity index (χ0v) is 11.5. The summed E-state index contributed by atoms with van der Waals surface area (Å²) >= 11 is 1.68. The lowest BCUT2D eigenvalue weighted by Crippen LogP contribution is -2.28. The van der Waals surface area contributed by atoms with E-state index in [9.17, 15) is 13.2 Å². The largest absolute Gasteiger partial charge is 0.328 e. The van der Waals surface area contributed by atoms with Gasteiger partial charge in [0.1, 0.15) is 0 Å². The molecule has 5 nitrogen and oxygen atoms in total. The summed E-state index contributed by atoms with van der Waals surface area (Å²) in [6, 6.07) is 2.53. The molecule has 7 heteroatoms. The Hall–Kier alpha value is -0.790. The van der Waals surface area contributed by atoms with Crippen LogP contribution < -0.4 is 5.56 Å². The van der Waals surface area contributed by atoms with Crippen LogP contribution in [0.25, 0.3) is 0 Å². The van der Waals surface area contributed by atoms with Crippen LogP contribution in [0.15, 0.2) is 28.0 Å². The Bertz CT molecular complexity index is 490. The maximum Gasteiger partial charge on any atom is 0.247 e. The zero-order valence-electron chi connectivity index (χ0n) is 9.84. The lowest BCUT2D eigenvalue weighted by Gasteiger charge is -2.16. The summed E-state index contributed by atoms with van der Waals surface area (Å²) in [7, 11) is -1.94. The Labute approximate surface area is 105 Å². The third-order valence-electron chi connectivity index (χ3n) is 2.29. The molecule has 0 unspecified atom stereocenters. The number of thioether (sulfide) groups is 1. The normalized spacial score (nSPS) is 11.9. The summed E-state index contributed by atoms with van der Waals surface area (Å²) in [4.78, 5) is 13.3. The fourth-order valence-electron chi connectivity index (χ4n) is 1.29. The van der Waals surface area contributed by atoms with Gasteiger partial charge in [0.15, 0.2) is 0 Å². The molecule has 1 aromatic heterocycles. The maximum atomic E-state index is 12.0. The summed E-state index contributed by atoms with van der Waals surface area (Å²) in [5.41, 5.74) is -0.311. The van der Waals surface area contributed by atoms with Gasteiger partial charge in [-0.1, -0.05) is 0 Å². The van der Waals surface area contributed by atoms with Gasteiger partial charge in [-0.3, -0.25) is 4.79 Å². The van der Waals surface area contributed by atoms with E-state index in [1.165, 1.54) is 22.6 Å². The van der Waals surface area contributed by atoms with Gasteiger partial charge in [-0.2, -0.15) is 11.8 Å². The van der Waals surface area contributed by atoms with Crippen molar-refractivity contribution in [2.75, 3.05) is 25.6 Å². The van der Waals surface area contributed by atoms with Crippen molar-refractivity contribution in [3.05, 3.63) is 28.7 Å². The molecular weight excluding hydrogens is 260 g/mol. The number of H-pyrrole nitrogens is 1. The number of hydrogen-bond acceptors (Lipinski definition) is 4. The van der Waals surface area contributed by atoms with Crippen molar-refractivity contribution >= 4 is 21.8 Å². The van der Waals surface area contributed by atoms with Gasteiger partial charge in [-0.15, -0.1) is 0 Å². The minimum atomic E-state index is -3.48. The smallest absolute Gasteiger partial charge is 0.247 e. The molecule has 0 spiro atoms. The summed E-state index contributed by atoms with van der Waals surface area (Å²) in [5, 5.41) is 0. The Balaban J connectivity index is 2.80. The fraction of sp³-hybridized carbons (Fsp3) is 0.500. The molecule has 0 aromatic carbocycles. The predicted octanol–water partition coefficient (Wildman–Crippen LogP) is 0.748. The van der Waals surface area contributed by atoms with E-state index in [0.29, 0.717) is 6.54 Å². The average molecular weight is 276 g/mol. The van der Waals surface area contributed by atoms with E-state index in [2.05, 4.69) is 4.98 Å². The summed E-state index contributed by atoms with van der Waals surface area (Å²) in [6.07, 6.45) is 4.01. The Morgan fingerprint density at radius 2 is 2.12 bits per heavy atom. The molecule has 0 aliphatic carbocycles. The summed E-state index contributed by atoms with van der Waals surface area (Å²) in [6.45, 7) is 0.475. The molecule has 1 rings (SSSR count). The second-order valence-corrected chi connectivity index (χ2v) is 6.59. The molecule has 1 heterocycles. The molecular formula is C10H16N2O3S2. The van der Waals surface area contributed by atoms with Crippen molar-refractivity contribution < 1.29 is 8.42 Å². The highest BCUT2D eigenvalue weighted by atomic mass is 32.2. The van der Waals surface area contributed by atoms with E-state index in [1.807, 2.05) is 6.26 Å². The molecule has 96 valence electrons. The van der Waals surface area contributed by atoms with Crippen molar-refractivity contribution in [3.8, 4) is 0 Å². The second-order valence-electron chi connectivity index (χ2n) is 3.56. The molecule has 0 bridgehead atoms. The number of sulfonamides is 1. The summed E-state index contributed by atoms with van der Waals surface area (Å²) in [5.74, 6) is 0.922. The third kappa shape index (κ3) is 3.86. The van der Waals surface area contributed by atoms with Gasteiger partial charge in [0.05, 0.1) is 4.90 Å². The maximum absolute atomic E-state index is 12.0. The molecule has 0 atom stereocenters. The van der Waals surface area contributed by atoms with Gasteiger partial charge in [0.2, 0.25) is 15.6 Å². The van der Waals surface area contributed by atoms with Crippen molar-refractivity contribution in [2.45, 2.75) is 11.3 Å². The highest BCUT2D eigenvalue weighted by molar-refractivity contribution is 7.98. The Kier molecular flexibility index (Phi) is 5.23. The topological polar surface area (TPSA) is 70.2 Å². The first-order valence-electron chi connectivity index (χ1n) is 5.12. The van der Waals surface area contributed by atoms with Gasteiger partial charge in [-0.05, 0) is 24.5 Å². The Morgan fingerprint density at radius 3 is 2.65 bits per heavy atom. The fourth-order valence-corrected chi connectivity index (χ4v) is 2.88. The molecule has 0 saturated heterocycles. The van der Waals surface area contributed by atoms with Gasteiger partial charge in [0.25, 0.3) is 0 Å². The van der Waals surface area contributed by atoms with E-state index in [4.69, 9.17) is 0 Å². The second kappa shape index (κ2) is 6.23. The molecule has 0 fully saturated rings. The average Bonchev–Trinajstić information content (AvgIpc) is 2.29. The van der Waals surface area contributed by atoms with Crippen LogP contribution in [0, 0.1) is 0 Å². The van der Waals surface area contributed by atoms with Crippen LogP contribution in [0.3, 0.4) is 0 Å². The van der Waals surface area contributed by atoms with E-state index in [0.717, 1.165) is 12.2 Å². The summed E-state index contributed by atoms with van der Waals surface area (Å²) < 4.78 is 25.4. The van der Waals surface area contributed by atoms with Crippen LogP contribution in [-0.2, 0) is 10.0 Å². The molecule has 1 aromatic rings. The number of pyridine rings is 1. The van der Waals surface area contributed by atoms with Crippen LogP contribution >= 0.6 is 11.8 Å². The Morgan fingerprint density at radius 1 is 1.41 bits per heavy atom. The lowest BCUT2D eigenvalue weighted by atomic mass is 10.5. The van der Waals surface area contributed by atoms with Gasteiger partial charge in [0, 0.05) is 25.9 Å². The number of aromatic nitrogens is 1. The van der Waals surface area contributed by atoms with Gasteiger partial charge in [-0.25, -0.2) is 12.7 Å². The van der Waals surface area contributed by atoms with Crippen molar-refractivity contribution in [1.82, 2.24) is 9.29 Å². The molecule has 0 aliphatic heterocycles. The van der Waals surface area contributed by atoms with Crippen LogP contribution in [0.4, 0.5) is 0 Å². The lowest BCUT2D eigenvalue weighted by molar-refractivity contribution is 0.469. The van der Waals surface area contributed by atoms with E-state index in [1.54, 1.807) is 18.8 Å². The first kappa shape index (κ1) is 14.3. The predicted molar refractivity (Wildman–Crippen MR) is 69.9 cm³/mol. The molecule has 0 radical (unpaired) electrons. The van der Waals surface area contributed by atoms with E-state index >= 15 is 0 Å². The number of aromatic amines is 1. The molecule has 17 heavy (non-hydrogen) atoms. The van der Waals surface area contributed by atoms with Crippen molar-refractivity contribution in [2.24, 2.45) is 0 Å². The monoisotopic (exact) mass is 276 g/mol. The molecule has 1 N–H and O–H groups in total. The standard InChI is InChI=1S/C10H16N2O3S2/c1-12(6-3-7-16-2)17(14,15)9-4-5-10(13)11-8-9/h4-5,8H,3,6-7H2,1-2H3,(H,11,13). The van der Waals surface area contributed by atoms with E-state index < -0.39 is 10.0 Å². The zero-order chi connectivity index (χ0) is 12.9. The van der Waals surface area contributed by atoms with Crippen molar-refractivity contribution in [3.63, 3.8) is 0 Å². The first-order valence-corrected chi connectivity index (χ1v) is 7.96. The molecule has 0 aliphatic rings. The minimum absolute atomic E-state index is 0.115. The number of nitrogens with one attached hydrogen (secondary N) is 1. The third-order valence-corrected chi connectivity index (χ3v) is 4.84. The number of nitrogens with zero attached hydrogens (tertiary/aromatic N) is 1. The van der Waals surface area contributed by atoms with E-state index in [-0.39, 0.29) is 10.5 Å². The number of hydrogen-bond donors (Lipinski definition) is 1. The highest BCUT2D eigenvalue weighted by Gasteiger charge is 2.19.